The van der Waals surface area contributed by atoms with Crippen LogP contribution in [-0.4, -0.2) is 16.8 Å². The molecule has 18 heavy (non-hydrogen) atoms. The highest BCUT2D eigenvalue weighted by Crippen LogP contribution is 2.27. The van der Waals surface area contributed by atoms with Gasteiger partial charge in [0, 0.05) is 25.4 Å². The first-order valence-electron chi connectivity index (χ1n) is 6.11. The van der Waals surface area contributed by atoms with E-state index in [9.17, 15) is 4.39 Å². The molecule has 1 heterocycles. The second-order valence-corrected chi connectivity index (χ2v) is 4.35. The average molecular weight is 247 g/mol. The van der Waals surface area contributed by atoms with Crippen molar-refractivity contribution in [1.29, 1.82) is 0 Å². The van der Waals surface area contributed by atoms with Crippen LogP contribution in [0.4, 0.5) is 4.39 Å². The second-order valence-electron chi connectivity index (χ2n) is 4.35. The molecule has 0 aliphatic carbocycles. The van der Waals surface area contributed by atoms with Gasteiger partial charge in [-0.1, -0.05) is 13.0 Å². The molecule has 0 bridgehead atoms. The zero-order valence-electron chi connectivity index (χ0n) is 11.0. The van der Waals surface area contributed by atoms with Crippen molar-refractivity contribution < 1.29 is 4.39 Å². The van der Waals surface area contributed by atoms with Crippen LogP contribution in [0.1, 0.15) is 18.2 Å². The van der Waals surface area contributed by atoms with Crippen LogP contribution >= 0.6 is 0 Å². The zero-order chi connectivity index (χ0) is 13.1. The van der Waals surface area contributed by atoms with Crippen LogP contribution in [0.25, 0.3) is 11.1 Å². The quantitative estimate of drug-likeness (QED) is 0.899. The summed E-state index contributed by atoms with van der Waals surface area (Å²) in [5, 5.41) is 7.50. The van der Waals surface area contributed by atoms with Crippen LogP contribution in [0.2, 0.25) is 0 Å². The lowest BCUT2D eigenvalue weighted by molar-refractivity contribution is 0.624. The summed E-state index contributed by atoms with van der Waals surface area (Å²) in [5.74, 6) is -0.203. The monoisotopic (exact) mass is 247 g/mol. The number of hydrogen-bond acceptors (Lipinski definition) is 2. The van der Waals surface area contributed by atoms with Crippen molar-refractivity contribution in [3.05, 3.63) is 41.5 Å². The number of aryl methyl sites for hydroxylation is 2. The fraction of sp³-hybridized carbons (Fsp3) is 0.357. The molecular weight excluding hydrogens is 229 g/mol. The maximum atomic E-state index is 13.3. The Morgan fingerprint density at radius 3 is 2.78 bits per heavy atom. The molecule has 0 unspecified atom stereocenters. The van der Waals surface area contributed by atoms with E-state index in [1.807, 2.05) is 26.4 Å². The molecule has 0 fully saturated rings. The summed E-state index contributed by atoms with van der Waals surface area (Å²) >= 11 is 0. The van der Waals surface area contributed by atoms with Crippen molar-refractivity contribution in [3.8, 4) is 11.1 Å². The van der Waals surface area contributed by atoms with E-state index >= 15 is 0 Å². The van der Waals surface area contributed by atoms with Crippen LogP contribution in [-0.2, 0) is 20.0 Å². The van der Waals surface area contributed by atoms with E-state index in [2.05, 4.69) is 17.3 Å². The molecule has 0 amide bonds. The third-order valence-corrected chi connectivity index (χ3v) is 2.96. The van der Waals surface area contributed by atoms with E-state index in [0.717, 1.165) is 28.8 Å². The molecule has 1 aromatic heterocycles. The Kier molecular flexibility index (Phi) is 3.77. The molecule has 0 saturated heterocycles. The lowest BCUT2D eigenvalue weighted by atomic mass is 9.99. The Labute approximate surface area is 107 Å². The lowest BCUT2D eigenvalue weighted by Gasteiger charge is -2.09. The number of rotatable bonds is 4. The van der Waals surface area contributed by atoms with Crippen molar-refractivity contribution >= 4 is 0 Å². The predicted molar refractivity (Wildman–Crippen MR) is 70.7 cm³/mol. The van der Waals surface area contributed by atoms with Crippen LogP contribution < -0.4 is 5.32 Å². The maximum Gasteiger partial charge on any atom is 0.123 e. The minimum absolute atomic E-state index is 0.203. The Morgan fingerprint density at radius 2 is 2.11 bits per heavy atom. The number of nitrogens with zero attached hydrogens (tertiary/aromatic N) is 2. The first-order valence-corrected chi connectivity index (χ1v) is 6.11. The molecule has 2 rings (SSSR count). The Bertz CT molecular complexity index is 546. The fourth-order valence-corrected chi connectivity index (χ4v) is 2.18. The number of nitrogens with one attached hydrogen (secondary N) is 1. The third kappa shape index (κ3) is 2.43. The van der Waals surface area contributed by atoms with Gasteiger partial charge in [0.05, 0.1) is 5.69 Å². The predicted octanol–water partition coefficient (Wildman–Crippen LogP) is 2.51. The Hall–Kier alpha value is -1.68. The third-order valence-electron chi connectivity index (χ3n) is 2.96. The Balaban J connectivity index is 2.55. The number of hydrogen-bond donors (Lipinski definition) is 1. The van der Waals surface area contributed by atoms with Crippen LogP contribution in [0.3, 0.4) is 0 Å². The molecular formula is C14H18FN3. The van der Waals surface area contributed by atoms with Gasteiger partial charge in [-0.2, -0.15) is 5.10 Å². The molecule has 0 aliphatic heterocycles. The van der Waals surface area contributed by atoms with E-state index in [-0.39, 0.29) is 5.82 Å². The van der Waals surface area contributed by atoms with Crippen molar-refractivity contribution in [2.75, 3.05) is 7.05 Å². The van der Waals surface area contributed by atoms with E-state index in [4.69, 9.17) is 0 Å². The topological polar surface area (TPSA) is 29.9 Å². The van der Waals surface area contributed by atoms with Crippen molar-refractivity contribution in [2.45, 2.75) is 19.9 Å². The summed E-state index contributed by atoms with van der Waals surface area (Å²) in [6.07, 6.45) is 2.86. The smallest absolute Gasteiger partial charge is 0.123 e. The fourth-order valence-electron chi connectivity index (χ4n) is 2.18. The molecule has 3 nitrogen and oxygen atoms in total. The van der Waals surface area contributed by atoms with Crippen LogP contribution in [0.15, 0.2) is 24.4 Å². The van der Waals surface area contributed by atoms with Gasteiger partial charge in [-0.3, -0.25) is 4.68 Å². The molecule has 0 aliphatic rings. The van der Waals surface area contributed by atoms with Gasteiger partial charge >= 0.3 is 0 Å². The first kappa shape index (κ1) is 12.8. The van der Waals surface area contributed by atoms with Gasteiger partial charge in [0.1, 0.15) is 5.82 Å². The summed E-state index contributed by atoms with van der Waals surface area (Å²) in [4.78, 5) is 0. The largest absolute Gasteiger partial charge is 0.316 e. The minimum atomic E-state index is -0.203. The Morgan fingerprint density at radius 1 is 1.33 bits per heavy atom. The highest BCUT2D eigenvalue weighted by molar-refractivity contribution is 5.69. The van der Waals surface area contributed by atoms with Crippen LogP contribution in [0, 0.1) is 5.82 Å². The van der Waals surface area contributed by atoms with E-state index in [0.29, 0.717) is 6.54 Å². The van der Waals surface area contributed by atoms with Crippen molar-refractivity contribution in [2.24, 2.45) is 7.05 Å². The molecule has 1 N–H and O–H groups in total. The SMILES string of the molecule is CCc1nn(C)cc1-c1ccc(F)cc1CNC. The van der Waals surface area contributed by atoms with Crippen molar-refractivity contribution in [3.63, 3.8) is 0 Å². The van der Waals surface area contributed by atoms with Gasteiger partial charge in [-0.25, -0.2) is 4.39 Å². The van der Waals surface area contributed by atoms with E-state index in [1.165, 1.54) is 6.07 Å². The van der Waals surface area contributed by atoms with Crippen LogP contribution in [0.5, 0.6) is 0 Å². The number of halogens is 1. The minimum Gasteiger partial charge on any atom is -0.316 e. The molecule has 4 heteroatoms. The molecule has 1 aromatic carbocycles. The zero-order valence-corrected chi connectivity index (χ0v) is 11.0. The highest BCUT2D eigenvalue weighted by Gasteiger charge is 2.12. The standard InChI is InChI=1S/C14H18FN3/c1-4-14-13(9-18(3)17-14)12-6-5-11(15)7-10(12)8-16-2/h5-7,9,16H,4,8H2,1-3H3. The van der Waals surface area contributed by atoms with Gasteiger partial charge in [-0.05, 0) is 36.7 Å². The molecule has 2 aromatic rings. The van der Waals surface area contributed by atoms with E-state index < -0.39 is 0 Å². The van der Waals surface area contributed by atoms with Gasteiger partial charge in [0.2, 0.25) is 0 Å². The summed E-state index contributed by atoms with van der Waals surface area (Å²) in [7, 11) is 3.77. The summed E-state index contributed by atoms with van der Waals surface area (Å²) in [5.41, 5.74) is 4.14. The number of benzene rings is 1. The van der Waals surface area contributed by atoms with Gasteiger partial charge in [0.15, 0.2) is 0 Å². The van der Waals surface area contributed by atoms with Gasteiger partial charge < -0.3 is 5.32 Å². The molecule has 96 valence electrons. The molecule has 0 radical (unpaired) electrons. The average Bonchev–Trinajstić information content (AvgIpc) is 2.71. The molecule has 0 spiro atoms. The normalized spacial score (nSPS) is 10.9. The van der Waals surface area contributed by atoms with E-state index in [1.54, 1.807) is 10.7 Å². The molecule has 0 saturated carbocycles. The van der Waals surface area contributed by atoms with Crippen molar-refractivity contribution in [1.82, 2.24) is 15.1 Å². The highest BCUT2D eigenvalue weighted by atomic mass is 19.1. The summed E-state index contributed by atoms with van der Waals surface area (Å²) < 4.78 is 15.1. The lowest BCUT2D eigenvalue weighted by Crippen LogP contribution is -2.07. The summed E-state index contributed by atoms with van der Waals surface area (Å²) in [6.45, 7) is 2.72. The number of aromatic nitrogens is 2. The van der Waals surface area contributed by atoms with Gasteiger partial charge in [0.25, 0.3) is 0 Å². The van der Waals surface area contributed by atoms with Gasteiger partial charge in [-0.15, -0.1) is 0 Å². The maximum absolute atomic E-state index is 13.3. The molecule has 0 atom stereocenters. The summed E-state index contributed by atoms with van der Waals surface area (Å²) in [6, 6.07) is 4.91. The first-order chi connectivity index (χ1) is 8.65. The second kappa shape index (κ2) is 5.31.